The van der Waals surface area contributed by atoms with Crippen LogP contribution < -0.4 is 5.73 Å². The molecule has 96 valence electrons. The molecule has 0 aliphatic carbocycles. The Bertz CT molecular complexity index is 400. The molecule has 1 heterocycles. The van der Waals surface area contributed by atoms with Crippen LogP contribution in [0.1, 0.15) is 17.4 Å². The number of halogens is 4. The molecule has 0 saturated carbocycles. The lowest BCUT2D eigenvalue weighted by Gasteiger charge is -2.17. The Labute approximate surface area is 99.8 Å². The Morgan fingerprint density at radius 3 is 2.41 bits per heavy atom. The lowest BCUT2D eigenvalue weighted by molar-refractivity contribution is -0.137. The van der Waals surface area contributed by atoms with E-state index in [2.05, 4.69) is 4.98 Å². The van der Waals surface area contributed by atoms with Crippen LogP contribution in [0.15, 0.2) is 12.3 Å². The third-order valence-corrected chi connectivity index (χ3v) is 2.39. The predicted octanol–water partition coefficient (Wildman–Crippen LogP) is 1.11. The SMILES string of the molecule is NCC(O)C(O)c1ncc(C(F)(F)F)cc1Cl. The second-order valence-electron chi connectivity index (χ2n) is 3.34. The van der Waals surface area contributed by atoms with Crippen molar-refractivity contribution in [2.75, 3.05) is 6.54 Å². The van der Waals surface area contributed by atoms with Gasteiger partial charge in [0.25, 0.3) is 0 Å². The highest BCUT2D eigenvalue weighted by atomic mass is 35.5. The minimum absolute atomic E-state index is 0.238. The number of hydrogen-bond donors (Lipinski definition) is 3. The summed E-state index contributed by atoms with van der Waals surface area (Å²) in [5.74, 6) is 0. The van der Waals surface area contributed by atoms with Crippen LogP contribution in [0.5, 0.6) is 0 Å². The number of nitrogens with two attached hydrogens (primary N) is 1. The van der Waals surface area contributed by atoms with Gasteiger partial charge in [0.2, 0.25) is 0 Å². The van der Waals surface area contributed by atoms with Gasteiger partial charge in [-0.1, -0.05) is 11.6 Å². The first-order chi connectivity index (χ1) is 7.77. The second-order valence-corrected chi connectivity index (χ2v) is 3.74. The standard InChI is InChI=1S/C9H10ClF3N2O2/c10-5-1-4(9(11,12)13)3-15-7(5)8(17)6(16)2-14/h1,3,6,8,16-17H,2,14H2. The largest absolute Gasteiger partial charge is 0.417 e. The fraction of sp³-hybridized carbons (Fsp3) is 0.444. The van der Waals surface area contributed by atoms with Gasteiger partial charge in [0.15, 0.2) is 0 Å². The summed E-state index contributed by atoms with van der Waals surface area (Å²) in [6.07, 6.45) is -6.88. The molecule has 4 nitrogen and oxygen atoms in total. The Balaban J connectivity index is 3.06. The molecule has 4 N–H and O–H groups in total. The highest BCUT2D eigenvalue weighted by molar-refractivity contribution is 6.31. The summed E-state index contributed by atoms with van der Waals surface area (Å²) < 4.78 is 36.9. The van der Waals surface area contributed by atoms with Crippen molar-refractivity contribution in [3.8, 4) is 0 Å². The molecule has 2 unspecified atom stereocenters. The van der Waals surface area contributed by atoms with Gasteiger partial charge in [0, 0.05) is 12.7 Å². The molecule has 0 radical (unpaired) electrons. The normalized spacial score (nSPS) is 15.7. The van der Waals surface area contributed by atoms with Crippen molar-refractivity contribution in [3.05, 3.63) is 28.5 Å². The summed E-state index contributed by atoms with van der Waals surface area (Å²) in [6.45, 7) is -0.264. The van der Waals surface area contributed by atoms with Gasteiger partial charge in [-0.25, -0.2) is 0 Å². The molecule has 0 aliphatic rings. The van der Waals surface area contributed by atoms with E-state index in [1.807, 2.05) is 0 Å². The summed E-state index contributed by atoms with van der Waals surface area (Å²) >= 11 is 5.56. The molecule has 0 saturated heterocycles. The minimum atomic E-state index is -4.56. The van der Waals surface area contributed by atoms with Crippen molar-refractivity contribution in [1.82, 2.24) is 4.98 Å². The summed E-state index contributed by atoms with van der Waals surface area (Å²) in [5.41, 5.74) is 3.83. The molecule has 17 heavy (non-hydrogen) atoms. The topological polar surface area (TPSA) is 79.4 Å². The quantitative estimate of drug-likeness (QED) is 0.769. The van der Waals surface area contributed by atoms with Crippen LogP contribution in [0.4, 0.5) is 13.2 Å². The molecule has 0 bridgehead atoms. The van der Waals surface area contributed by atoms with E-state index in [1.165, 1.54) is 0 Å². The number of aliphatic hydroxyl groups is 2. The lowest BCUT2D eigenvalue weighted by atomic mass is 10.1. The number of alkyl halides is 3. The molecule has 0 amide bonds. The van der Waals surface area contributed by atoms with Crippen molar-refractivity contribution in [2.24, 2.45) is 5.73 Å². The first-order valence-corrected chi connectivity index (χ1v) is 4.94. The lowest BCUT2D eigenvalue weighted by Crippen LogP contribution is -2.28. The molecule has 0 spiro atoms. The van der Waals surface area contributed by atoms with Gasteiger partial charge in [0.1, 0.15) is 6.10 Å². The fourth-order valence-electron chi connectivity index (χ4n) is 1.13. The predicted molar refractivity (Wildman–Crippen MR) is 54.3 cm³/mol. The number of hydrogen-bond acceptors (Lipinski definition) is 4. The maximum absolute atomic E-state index is 12.3. The number of pyridine rings is 1. The molecule has 8 heteroatoms. The Morgan fingerprint density at radius 1 is 1.41 bits per heavy atom. The number of aromatic nitrogens is 1. The second kappa shape index (κ2) is 5.18. The van der Waals surface area contributed by atoms with Gasteiger partial charge >= 0.3 is 6.18 Å². The van der Waals surface area contributed by atoms with E-state index in [4.69, 9.17) is 17.3 Å². The molecule has 1 aromatic rings. The van der Waals surface area contributed by atoms with Crippen LogP contribution in [0.25, 0.3) is 0 Å². The smallest absolute Gasteiger partial charge is 0.389 e. The molecule has 0 aliphatic heterocycles. The van der Waals surface area contributed by atoms with Gasteiger partial charge < -0.3 is 15.9 Å². The van der Waals surface area contributed by atoms with E-state index in [-0.39, 0.29) is 17.3 Å². The number of rotatable bonds is 3. The van der Waals surface area contributed by atoms with Crippen molar-refractivity contribution in [2.45, 2.75) is 18.4 Å². The minimum Gasteiger partial charge on any atom is -0.389 e. The van der Waals surface area contributed by atoms with Crippen molar-refractivity contribution >= 4 is 11.6 Å². The molecular formula is C9H10ClF3N2O2. The maximum Gasteiger partial charge on any atom is 0.417 e. The zero-order chi connectivity index (χ0) is 13.2. The summed E-state index contributed by atoms with van der Waals surface area (Å²) in [4.78, 5) is 3.40. The van der Waals surface area contributed by atoms with Crippen LogP contribution in [-0.4, -0.2) is 27.8 Å². The van der Waals surface area contributed by atoms with E-state index in [9.17, 15) is 23.4 Å². The Morgan fingerprint density at radius 2 is 2.00 bits per heavy atom. The Hall–Kier alpha value is -0.890. The average molecular weight is 271 g/mol. The van der Waals surface area contributed by atoms with E-state index < -0.39 is 23.9 Å². The average Bonchev–Trinajstić information content (AvgIpc) is 2.25. The van der Waals surface area contributed by atoms with Crippen LogP contribution in [-0.2, 0) is 6.18 Å². The monoisotopic (exact) mass is 270 g/mol. The fourth-order valence-corrected chi connectivity index (χ4v) is 1.41. The molecular weight excluding hydrogens is 261 g/mol. The van der Waals surface area contributed by atoms with Crippen molar-refractivity contribution < 1.29 is 23.4 Å². The van der Waals surface area contributed by atoms with Gasteiger partial charge in [-0.15, -0.1) is 0 Å². The Kier molecular flexibility index (Phi) is 4.31. The molecule has 2 atom stereocenters. The van der Waals surface area contributed by atoms with E-state index in [0.29, 0.717) is 12.3 Å². The summed E-state index contributed by atoms with van der Waals surface area (Å²) in [6, 6.07) is 0.635. The zero-order valence-corrected chi connectivity index (χ0v) is 9.20. The third kappa shape index (κ3) is 3.29. The zero-order valence-electron chi connectivity index (χ0n) is 8.45. The van der Waals surface area contributed by atoms with Crippen LogP contribution in [0.3, 0.4) is 0 Å². The first-order valence-electron chi connectivity index (χ1n) is 4.56. The molecule has 1 aromatic heterocycles. The van der Waals surface area contributed by atoms with Crippen molar-refractivity contribution in [1.29, 1.82) is 0 Å². The molecule has 0 fully saturated rings. The van der Waals surface area contributed by atoms with Gasteiger partial charge in [-0.05, 0) is 6.07 Å². The third-order valence-electron chi connectivity index (χ3n) is 2.08. The van der Waals surface area contributed by atoms with Gasteiger partial charge in [0.05, 0.1) is 22.4 Å². The van der Waals surface area contributed by atoms with Gasteiger partial charge in [-0.2, -0.15) is 13.2 Å². The van der Waals surface area contributed by atoms with Crippen LogP contribution in [0.2, 0.25) is 5.02 Å². The highest BCUT2D eigenvalue weighted by Crippen LogP contribution is 2.32. The van der Waals surface area contributed by atoms with E-state index in [1.54, 1.807) is 0 Å². The van der Waals surface area contributed by atoms with Crippen molar-refractivity contribution in [3.63, 3.8) is 0 Å². The number of aliphatic hydroxyl groups excluding tert-OH is 2. The first kappa shape index (κ1) is 14.2. The summed E-state index contributed by atoms with van der Waals surface area (Å²) in [7, 11) is 0. The number of nitrogens with zero attached hydrogens (tertiary/aromatic N) is 1. The van der Waals surface area contributed by atoms with E-state index >= 15 is 0 Å². The van der Waals surface area contributed by atoms with E-state index in [0.717, 1.165) is 0 Å². The highest BCUT2D eigenvalue weighted by Gasteiger charge is 2.32. The van der Waals surface area contributed by atoms with Gasteiger partial charge in [-0.3, -0.25) is 4.98 Å². The molecule has 0 aromatic carbocycles. The molecule has 1 rings (SSSR count). The maximum atomic E-state index is 12.3. The van der Waals surface area contributed by atoms with Crippen LogP contribution >= 0.6 is 11.6 Å². The van der Waals surface area contributed by atoms with Crippen LogP contribution in [0, 0.1) is 0 Å². The summed E-state index contributed by atoms with van der Waals surface area (Å²) in [5, 5.41) is 18.4.